The minimum absolute atomic E-state index is 0.0228. The van der Waals surface area contributed by atoms with E-state index in [1.807, 2.05) is 18.1 Å². The molecule has 1 amide bonds. The number of methoxy groups -OCH3 is 1. The standard InChI is InChI=1S/C13H20N4O2S/c1-10(20-3)12(18)16-6-8-17(9-7-16)13-14-5-4-11(15-13)19-2/h4-5,10H,6-9H2,1-3H3/t10-/m0/s1. The summed E-state index contributed by atoms with van der Waals surface area (Å²) in [5.74, 6) is 1.43. The molecular formula is C13H20N4O2S. The Morgan fingerprint density at radius 3 is 2.70 bits per heavy atom. The normalized spacial score (nSPS) is 16.9. The molecular weight excluding hydrogens is 276 g/mol. The van der Waals surface area contributed by atoms with Gasteiger partial charge in [0.25, 0.3) is 0 Å². The number of amides is 1. The van der Waals surface area contributed by atoms with E-state index in [4.69, 9.17) is 4.74 Å². The average Bonchev–Trinajstić information content (AvgIpc) is 2.53. The van der Waals surface area contributed by atoms with Crippen LogP contribution in [0.4, 0.5) is 5.95 Å². The molecule has 0 spiro atoms. The van der Waals surface area contributed by atoms with Gasteiger partial charge in [0, 0.05) is 38.4 Å². The van der Waals surface area contributed by atoms with Crippen molar-refractivity contribution in [3.63, 3.8) is 0 Å². The molecule has 1 aliphatic heterocycles. The van der Waals surface area contributed by atoms with Gasteiger partial charge in [0.05, 0.1) is 12.4 Å². The average molecular weight is 296 g/mol. The van der Waals surface area contributed by atoms with Gasteiger partial charge in [-0.25, -0.2) is 4.98 Å². The number of anilines is 1. The fraction of sp³-hybridized carbons (Fsp3) is 0.615. The van der Waals surface area contributed by atoms with Gasteiger partial charge in [-0.05, 0) is 13.2 Å². The Hall–Kier alpha value is -1.50. The number of carbonyl (C=O) groups is 1. The number of hydrogen-bond donors (Lipinski definition) is 0. The Labute approximate surface area is 123 Å². The molecule has 1 saturated heterocycles. The van der Waals surface area contributed by atoms with Gasteiger partial charge in [-0.3, -0.25) is 4.79 Å². The van der Waals surface area contributed by atoms with E-state index in [0.29, 0.717) is 24.9 Å². The lowest BCUT2D eigenvalue weighted by Crippen LogP contribution is -2.51. The van der Waals surface area contributed by atoms with Crippen molar-refractivity contribution in [3.8, 4) is 5.88 Å². The Balaban J connectivity index is 1.95. The summed E-state index contributed by atoms with van der Waals surface area (Å²) in [4.78, 5) is 24.7. The minimum Gasteiger partial charge on any atom is -0.481 e. The van der Waals surface area contributed by atoms with Crippen molar-refractivity contribution in [2.24, 2.45) is 0 Å². The molecule has 1 fully saturated rings. The molecule has 2 heterocycles. The Bertz CT molecular complexity index is 463. The summed E-state index contributed by atoms with van der Waals surface area (Å²) >= 11 is 1.58. The van der Waals surface area contributed by atoms with Crippen LogP contribution >= 0.6 is 11.8 Å². The van der Waals surface area contributed by atoms with Crippen molar-refractivity contribution in [2.45, 2.75) is 12.2 Å². The van der Waals surface area contributed by atoms with Crippen LogP contribution in [0.3, 0.4) is 0 Å². The van der Waals surface area contributed by atoms with Gasteiger partial charge in [-0.1, -0.05) is 0 Å². The van der Waals surface area contributed by atoms with Crippen LogP contribution in [0, 0.1) is 0 Å². The Morgan fingerprint density at radius 2 is 2.10 bits per heavy atom. The third-order valence-electron chi connectivity index (χ3n) is 3.40. The Kier molecular flexibility index (Phi) is 5.05. The molecule has 0 bridgehead atoms. The molecule has 1 aromatic heterocycles. The zero-order chi connectivity index (χ0) is 14.5. The quantitative estimate of drug-likeness (QED) is 0.822. The number of ether oxygens (including phenoxy) is 1. The SMILES string of the molecule is COc1ccnc(N2CCN(C(=O)[C@H](C)SC)CC2)n1. The van der Waals surface area contributed by atoms with Crippen molar-refractivity contribution in [1.82, 2.24) is 14.9 Å². The third-order valence-corrected chi connectivity index (χ3v) is 4.31. The first kappa shape index (κ1) is 14.9. The second kappa shape index (κ2) is 6.78. The molecule has 110 valence electrons. The molecule has 0 radical (unpaired) electrons. The molecule has 0 saturated carbocycles. The molecule has 2 rings (SSSR count). The summed E-state index contributed by atoms with van der Waals surface area (Å²) in [6.45, 7) is 4.87. The van der Waals surface area contributed by atoms with Crippen LogP contribution in [0.5, 0.6) is 5.88 Å². The molecule has 1 aromatic rings. The van der Waals surface area contributed by atoms with Gasteiger partial charge in [-0.2, -0.15) is 16.7 Å². The maximum atomic E-state index is 12.1. The van der Waals surface area contributed by atoms with Crippen molar-refractivity contribution < 1.29 is 9.53 Å². The summed E-state index contributed by atoms with van der Waals surface area (Å²) in [7, 11) is 1.59. The van der Waals surface area contributed by atoms with Gasteiger partial charge >= 0.3 is 0 Å². The monoisotopic (exact) mass is 296 g/mol. The molecule has 20 heavy (non-hydrogen) atoms. The van der Waals surface area contributed by atoms with Crippen LogP contribution in [0.2, 0.25) is 0 Å². The number of piperazine rings is 1. The summed E-state index contributed by atoms with van der Waals surface area (Å²) in [6, 6.07) is 1.73. The number of hydrogen-bond acceptors (Lipinski definition) is 6. The highest BCUT2D eigenvalue weighted by molar-refractivity contribution is 7.99. The lowest BCUT2D eigenvalue weighted by molar-refractivity contribution is -0.130. The van der Waals surface area contributed by atoms with Gasteiger partial charge in [0.15, 0.2) is 0 Å². The topological polar surface area (TPSA) is 58.6 Å². The van der Waals surface area contributed by atoms with Crippen molar-refractivity contribution in [3.05, 3.63) is 12.3 Å². The number of aromatic nitrogens is 2. The van der Waals surface area contributed by atoms with Crippen LogP contribution in [0.1, 0.15) is 6.92 Å². The number of rotatable bonds is 4. The number of nitrogens with zero attached hydrogens (tertiary/aromatic N) is 4. The van der Waals surface area contributed by atoms with Gasteiger partial charge < -0.3 is 14.5 Å². The first-order valence-electron chi connectivity index (χ1n) is 6.59. The largest absolute Gasteiger partial charge is 0.481 e. The predicted octanol–water partition coefficient (Wildman–Crippen LogP) is 0.885. The highest BCUT2D eigenvalue weighted by Gasteiger charge is 2.25. The van der Waals surface area contributed by atoms with Gasteiger partial charge in [0.1, 0.15) is 0 Å². The zero-order valence-electron chi connectivity index (χ0n) is 12.1. The molecule has 0 N–H and O–H groups in total. The van der Waals surface area contributed by atoms with E-state index < -0.39 is 0 Å². The summed E-state index contributed by atoms with van der Waals surface area (Å²) in [5, 5.41) is 0.0228. The smallest absolute Gasteiger partial charge is 0.235 e. The molecule has 0 aromatic carbocycles. The molecule has 7 heteroatoms. The van der Waals surface area contributed by atoms with Crippen molar-refractivity contribution in [1.29, 1.82) is 0 Å². The molecule has 1 atom stereocenters. The summed E-state index contributed by atoms with van der Waals surface area (Å²) in [5.41, 5.74) is 0. The van der Waals surface area contributed by atoms with E-state index in [0.717, 1.165) is 13.1 Å². The predicted molar refractivity (Wildman–Crippen MR) is 80.4 cm³/mol. The van der Waals surface area contributed by atoms with Crippen molar-refractivity contribution in [2.75, 3.05) is 44.4 Å². The van der Waals surface area contributed by atoms with E-state index in [1.54, 1.807) is 31.1 Å². The van der Waals surface area contributed by atoms with Gasteiger partial charge in [0.2, 0.25) is 17.7 Å². The fourth-order valence-electron chi connectivity index (χ4n) is 2.08. The lowest BCUT2D eigenvalue weighted by Gasteiger charge is -2.35. The second-order valence-corrected chi connectivity index (χ2v) is 5.77. The molecule has 6 nitrogen and oxygen atoms in total. The summed E-state index contributed by atoms with van der Waals surface area (Å²) in [6.07, 6.45) is 3.65. The number of carbonyl (C=O) groups excluding carboxylic acids is 1. The third kappa shape index (κ3) is 3.33. The van der Waals surface area contributed by atoms with Crippen molar-refractivity contribution >= 4 is 23.6 Å². The van der Waals surface area contributed by atoms with E-state index in [-0.39, 0.29) is 11.2 Å². The first-order chi connectivity index (χ1) is 9.65. The van der Waals surface area contributed by atoms with E-state index >= 15 is 0 Å². The van der Waals surface area contributed by atoms with Crippen LogP contribution in [0.25, 0.3) is 0 Å². The highest BCUT2D eigenvalue weighted by atomic mass is 32.2. The van der Waals surface area contributed by atoms with Crippen LogP contribution in [0.15, 0.2) is 12.3 Å². The van der Waals surface area contributed by atoms with E-state index in [1.165, 1.54) is 0 Å². The minimum atomic E-state index is 0.0228. The zero-order valence-corrected chi connectivity index (χ0v) is 12.9. The lowest BCUT2D eigenvalue weighted by atomic mass is 10.3. The maximum absolute atomic E-state index is 12.1. The van der Waals surface area contributed by atoms with Crippen LogP contribution in [-0.2, 0) is 4.79 Å². The van der Waals surface area contributed by atoms with E-state index in [9.17, 15) is 4.79 Å². The Morgan fingerprint density at radius 1 is 1.40 bits per heavy atom. The second-order valence-electron chi connectivity index (χ2n) is 4.59. The van der Waals surface area contributed by atoms with E-state index in [2.05, 4.69) is 14.9 Å². The maximum Gasteiger partial charge on any atom is 0.235 e. The molecule has 1 aliphatic rings. The van der Waals surface area contributed by atoms with Crippen LogP contribution in [-0.4, -0.2) is 65.6 Å². The fourth-order valence-corrected chi connectivity index (χ4v) is 2.43. The van der Waals surface area contributed by atoms with Crippen LogP contribution < -0.4 is 9.64 Å². The highest BCUT2D eigenvalue weighted by Crippen LogP contribution is 2.16. The van der Waals surface area contributed by atoms with Gasteiger partial charge in [-0.15, -0.1) is 0 Å². The molecule has 0 unspecified atom stereocenters. The number of thioether (sulfide) groups is 1. The first-order valence-corrected chi connectivity index (χ1v) is 7.88. The summed E-state index contributed by atoms with van der Waals surface area (Å²) < 4.78 is 5.11. The molecule has 0 aliphatic carbocycles.